The maximum atomic E-state index is 13.3. The molecule has 1 nitrogen and oxygen atoms in total. The summed E-state index contributed by atoms with van der Waals surface area (Å²) in [6.07, 6.45) is 7.74. The number of halogens is 1. The van der Waals surface area contributed by atoms with Gasteiger partial charge in [-0.3, -0.25) is 0 Å². The van der Waals surface area contributed by atoms with E-state index in [0.717, 1.165) is 5.56 Å². The quantitative estimate of drug-likeness (QED) is 0.716. The highest BCUT2D eigenvalue weighted by atomic mass is 19.1. The minimum Gasteiger partial charge on any atom is -0.368 e. The van der Waals surface area contributed by atoms with Crippen LogP contribution in [0.3, 0.4) is 0 Å². The number of benzene rings is 1. The lowest BCUT2D eigenvalue weighted by Gasteiger charge is -2.12. The van der Waals surface area contributed by atoms with Gasteiger partial charge in [-0.15, -0.1) is 0 Å². The van der Waals surface area contributed by atoms with Gasteiger partial charge in [-0.1, -0.05) is 24.3 Å². The lowest BCUT2D eigenvalue weighted by atomic mass is 9.97. The fourth-order valence-electron chi connectivity index (χ4n) is 1.48. The van der Waals surface area contributed by atoms with Crippen molar-refractivity contribution < 1.29 is 4.39 Å². The van der Waals surface area contributed by atoms with E-state index in [9.17, 15) is 4.39 Å². The molecule has 1 aromatic rings. The van der Waals surface area contributed by atoms with E-state index < -0.39 is 0 Å². The summed E-state index contributed by atoms with van der Waals surface area (Å²) in [4.78, 5) is 0. The Bertz CT molecular complexity index is 381. The van der Waals surface area contributed by atoms with Crippen molar-refractivity contribution >= 4 is 0 Å². The number of rotatable bonds is 1. The van der Waals surface area contributed by atoms with Crippen molar-refractivity contribution in [3.05, 3.63) is 59.7 Å². The molecule has 14 heavy (non-hydrogen) atoms. The Morgan fingerprint density at radius 2 is 1.93 bits per heavy atom. The number of nitrogens with one attached hydrogen (secondary N) is 1. The molecular formula is C12H12FN. The Labute approximate surface area is 83.0 Å². The molecule has 0 amide bonds. The summed E-state index contributed by atoms with van der Waals surface area (Å²) in [5.41, 5.74) is 1.68. The molecule has 0 radical (unpaired) electrons. The molecule has 1 heterocycles. The SMILES string of the molecule is Cc1ccc(C2C=CNC=C2)cc1F. The average molecular weight is 189 g/mol. The standard InChI is InChI=1S/C12H12FN/c1-9-2-3-11(8-12(9)13)10-4-6-14-7-5-10/h2-8,10,14H,1H3. The minimum absolute atomic E-state index is 0.136. The van der Waals surface area contributed by atoms with Crippen LogP contribution >= 0.6 is 0 Å². The lowest BCUT2D eigenvalue weighted by Crippen LogP contribution is -2.03. The molecule has 1 aliphatic heterocycles. The van der Waals surface area contributed by atoms with Gasteiger partial charge in [-0.2, -0.15) is 0 Å². The van der Waals surface area contributed by atoms with Crippen molar-refractivity contribution in [3.63, 3.8) is 0 Å². The molecule has 2 heteroatoms. The Hall–Kier alpha value is -1.57. The van der Waals surface area contributed by atoms with Crippen LogP contribution < -0.4 is 5.32 Å². The van der Waals surface area contributed by atoms with Crippen LogP contribution in [0.5, 0.6) is 0 Å². The van der Waals surface area contributed by atoms with Crippen molar-refractivity contribution in [1.82, 2.24) is 5.32 Å². The van der Waals surface area contributed by atoms with Gasteiger partial charge >= 0.3 is 0 Å². The molecular weight excluding hydrogens is 177 g/mol. The summed E-state index contributed by atoms with van der Waals surface area (Å²) in [5.74, 6) is 0.0502. The Morgan fingerprint density at radius 1 is 1.21 bits per heavy atom. The minimum atomic E-state index is -0.136. The van der Waals surface area contributed by atoms with Crippen molar-refractivity contribution in [1.29, 1.82) is 0 Å². The molecule has 72 valence electrons. The number of aryl methyl sites for hydroxylation is 1. The van der Waals surface area contributed by atoms with E-state index in [1.165, 1.54) is 0 Å². The summed E-state index contributed by atoms with van der Waals surface area (Å²) in [5, 5.41) is 2.96. The van der Waals surface area contributed by atoms with Crippen molar-refractivity contribution in [3.8, 4) is 0 Å². The van der Waals surface area contributed by atoms with E-state index in [0.29, 0.717) is 5.56 Å². The highest BCUT2D eigenvalue weighted by Gasteiger charge is 2.08. The van der Waals surface area contributed by atoms with E-state index in [-0.39, 0.29) is 11.7 Å². The zero-order valence-corrected chi connectivity index (χ0v) is 8.00. The third kappa shape index (κ3) is 1.69. The molecule has 0 aromatic heterocycles. The van der Waals surface area contributed by atoms with Crippen LogP contribution in [0.1, 0.15) is 17.0 Å². The fourth-order valence-corrected chi connectivity index (χ4v) is 1.48. The van der Waals surface area contributed by atoms with Crippen molar-refractivity contribution in [2.45, 2.75) is 12.8 Å². The molecule has 0 saturated carbocycles. The molecule has 1 N–H and O–H groups in total. The number of allylic oxidation sites excluding steroid dienone is 2. The summed E-state index contributed by atoms with van der Waals surface area (Å²) in [6, 6.07) is 5.37. The lowest BCUT2D eigenvalue weighted by molar-refractivity contribution is 0.616. The second kappa shape index (κ2) is 3.66. The largest absolute Gasteiger partial charge is 0.368 e. The van der Waals surface area contributed by atoms with Gasteiger partial charge in [-0.25, -0.2) is 4.39 Å². The third-order valence-electron chi connectivity index (χ3n) is 2.38. The van der Waals surface area contributed by atoms with Crippen LogP contribution in [0.25, 0.3) is 0 Å². The molecule has 0 unspecified atom stereocenters. The fraction of sp³-hybridized carbons (Fsp3) is 0.167. The molecule has 1 aromatic carbocycles. The molecule has 0 fully saturated rings. The first-order valence-corrected chi connectivity index (χ1v) is 4.63. The zero-order valence-electron chi connectivity index (χ0n) is 8.00. The van der Waals surface area contributed by atoms with E-state index in [1.807, 2.05) is 36.7 Å². The predicted octanol–water partition coefficient (Wildman–Crippen LogP) is 2.85. The third-order valence-corrected chi connectivity index (χ3v) is 2.38. The van der Waals surface area contributed by atoms with Crippen molar-refractivity contribution in [2.75, 3.05) is 0 Å². The van der Waals surface area contributed by atoms with Crippen LogP contribution in [0.15, 0.2) is 42.8 Å². The van der Waals surface area contributed by atoms with Gasteiger partial charge in [0.05, 0.1) is 0 Å². The first-order valence-electron chi connectivity index (χ1n) is 4.63. The van der Waals surface area contributed by atoms with Crippen LogP contribution in [0.2, 0.25) is 0 Å². The van der Waals surface area contributed by atoms with E-state index in [4.69, 9.17) is 0 Å². The Kier molecular flexibility index (Phi) is 2.35. The monoisotopic (exact) mass is 189 g/mol. The van der Waals surface area contributed by atoms with Crippen molar-refractivity contribution in [2.24, 2.45) is 0 Å². The Balaban J connectivity index is 2.32. The highest BCUT2D eigenvalue weighted by Crippen LogP contribution is 2.22. The normalized spacial score (nSPS) is 15.6. The molecule has 0 spiro atoms. The van der Waals surface area contributed by atoms with E-state index in [1.54, 1.807) is 13.0 Å². The number of hydrogen-bond donors (Lipinski definition) is 1. The summed E-state index contributed by atoms with van der Waals surface area (Å²) in [7, 11) is 0. The first-order chi connectivity index (χ1) is 6.77. The van der Waals surface area contributed by atoms with Gasteiger partial charge in [0.25, 0.3) is 0 Å². The second-order valence-electron chi connectivity index (χ2n) is 3.42. The predicted molar refractivity (Wildman–Crippen MR) is 55.3 cm³/mol. The molecule has 0 aliphatic carbocycles. The maximum Gasteiger partial charge on any atom is 0.126 e. The first kappa shape index (κ1) is 9.00. The molecule has 1 aliphatic rings. The van der Waals surface area contributed by atoms with E-state index >= 15 is 0 Å². The van der Waals surface area contributed by atoms with Gasteiger partial charge in [0, 0.05) is 5.92 Å². The molecule has 0 bridgehead atoms. The maximum absolute atomic E-state index is 13.3. The van der Waals surface area contributed by atoms with Gasteiger partial charge in [0.15, 0.2) is 0 Å². The number of dihydropyridines is 1. The van der Waals surface area contributed by atoms with Crippen LogP contribution in [0, 0.1) is 12.7 Å². The summed E-state index contributed by atoms with van der Waals surface area (Å²) >= 11 is 0. The molecule has 0 saturated heterocycles. The Morgan fingerprint density at radius 3 is 2.57 bits per heavy atom. The smallest absolute Gasteiger partial charge is 0.126 e. The summed E-state index contributed by atoms with van der Waals surface area (Å²) < 4.78 is 13.3. The second-order valence-corrected chi connectivity index (χ2v) is 3.42. The van der Waals surface area contributed by atoms with Crippen LogP contribution in [-0.2, 0) is 0 Å². The average Bonchev–Trinajstić information content (AvgIpc) is 2.23. The molecule has 2 rings (SSSR count). The van der Waals surface area contributed by atoms with Crippen LogP contribution in [-0.4, -0.2) is 0 Å². The zero-order chi connectivity index (χ0) is 9.97. The van der Waals surface area contributed by atoms with Crippen LogP contribution in [0.4, 0.5) is 4.39 Å². The van der Waals surface area contributed by atoms with Gasteiger partial charge in [0.1, 0.15) is 5.82 Å². The highest BCUT2D eigenvalue weighted by molar-refractivity contribution is 5.33. The topological polar surface area (TPSA) is 12.0 Å². The number of hydrogen-bond acceptors (Lipinski definition) is 1. The summed E-state index contributed by atoms with van der Waals surface area (Å²) in [6.45, 7) is 1.77. The van der Waals surface area contributed by atoms with E-state index in [2.05, 4.69) is 5.32 Å². The van der Waals surface area contributed by atoms with Gasteiger partial charge < -0.3 is 5.32 Å². The van der Waals surface area contributed by atoms with Gasteiger partial charge in [-0.05, 0) is 36.5 Å². The molecule has 0 atom stereocenters. The van der Waals surface area contributed by atoms with Gasteiger partial charge in [0.2, 0.25) is 0 Å².